The highest BCUT2D eigenvalue weighted by Crippen LogP contribution is 2.22. The number of para-hydroxylation sites is 1. The Balaban J connectivity index is 2.24. The zero-order valence-electron chi connectivity index (χ0n) is 8.78. The molecule has 86 valence electrons. The fraction of sp³-hybridized carbons (Fsp3) is 0. The van der Waals surface area contributed by atoms with E-state index in [1.165, 1.54) is 0 Å². The van der Waals surface area contributed by atoms with Gasteiger partial charge in [0.25, 0.3) is 5.91 Å². The third kappa shape index (κ3) is 2.98. The minimum atomic E-state index is -0.150. The number of hydrogen-bond acceptors (Lipinski definition) is 1. The third-order valence-electron chi connectivity index (χ3n) is 2.23. The van der Waals surface area contributed by atoms with Gasteiger partial charge in [0.2, 0.25) is 0 Å². The van der Waals surface area contributed by atoms with Crippen molar-refractivity contribution in [3.05, 3.63) is 62.7 Å². The molecule has 0 heterocycles. The molecule has 0 aliphatic carbocycles. The van der Waals surface area contributed by atoms with Gasteiger partial charge in [-0.25, -0.2) is 0 Å². The Bertz CT molecular complexity index is 542. The Labute approximate surface area is 118 Å². The van der Waals surface area contributed by atoms with Gasteiger partial charge in [0.05, 0.1) is 10.6 Å². The third-order valence-corrected chi connectivity index (χ3v) is 4.02. The standard InChI is InChI=1S/C13H9ClINO/c14-11-8-4-7-10(12(11)15)13(17)16-9-5-2-1-3-6-9/h1-8H,(H,16,17). The molecule has 0 aromatic heterocycles. The Morgan fingerprint density at radius 1 is 1.06 bits per heavy atom. The molecular formula is C13H9ClINO. The van der Waals surface area contributed by atoms with Gasteiger partial charge in [-0.2, -0.15) is 0 Å². The number of rotatable bonds is 2. The Hall–Kier alpha value is -1.07. The van der Waals surface area contributed by atoms with E-state index in [2.05, 4.69) is 27.9 Å². The van der Waals surface area contributed by atoms with Crippen LogP contribution in [0, 0.1) is 3.57 Å². The summed E-state index contributed by atoms with van der Waals surface area (Å²) in [5.74, 6) is -0.150. The van der Waals surface area contributed by atoms with E-state index in [1.54, 1.807) is 18.2 Å². The molecule has 0 atom stereocenters. The molecule has 4 heteroatoms. The van der Waals surface area contributed by atoms with Gasteiger partial charge < -0.3 is 5.32 Å². The Morgan fingerprint density at radius 3 is 2.47 bits per heavy atom. The molecule has 0 fully saturated rings. The smallest absolute Gasteiger partial charge is 0.256 e. The van der Waals surface area contributed by atoms with E-state index in [1.807, 2.05) is 30.3 Å². The molecule has 0 radical (unpaired) electrons. The van der Waals surface area contributed by atoms with Crippen molar-refractivity contribution in [1.29, 1.82) is 0 Å². The largest absolute Gasteiger partial charge is 0.322 e. The second-order valence-electron chi connectivity index (χ2n) is 3.42. The van der Waals surface area contributed by atoms with Crippen molar-refractivity contribution in [2.45, 2.75) is 0 Å². The van der Waals surface area contributed by atoms with Gasteiger partial charge in [-0.3, -0.25) is 4.79 Å². The summed E-state index contributed by atoms with van der Waals surface area (Å²) in [5, 5.41) is 3.41. The normalized spacial score (nSPS) is 10.0. The van der Waals surface area contributed by atoms with Crippen molar-refractivity contribution in [1.82, 2.24) is 0 Å². The Kier molecular flexibility index (Phi) is 4.02. The maximum Gasteiger partial charge on any atom is 0.256 e. The highest BCUT2D eigenvalue weighted by atomic mass is 127. The average Bonchev–Trinajstić information content (AvgIpc) is 2.34. The predicted molar refractivity (Wildman–Crippen MR) is 78.6 cm³/mol. The van der Waals surface area contributed by atoms with Gasteiger partial charge in [-0.15, -0.1) is 0 Å². The maximum absolute atomic E-state index is 12.0. The summed E-state index contributed by atoms with van der Waals surface area (Å²) in [4.78, 5) is 12.0. The van der Waals surface area contributed by atoms with Crippen LogP contribution in [-0.2, 0) is 0 Å². The van der Waals surface area contributed by atoms with E-state index < -0.39 is 0 Å². The van der Waals surface area contributed by atoms with Gasteiger partial charge in [-0.05, 0) is 46.9 Å². The van der Waals surface area contributed by atoms with Gasteiger partial charge in [0.15, 0.2) is 0 Å². The molecule has 0 aliphatic heterocycles. The van der Waals surface area contributed by atoms with Crippen molar-refractivity contribution in [2.75, 3.05) is 5.32 Å². The van der Waals surface area contributed by atoms with E-state index >= 15 is 0 Å². The number of carbonyl (C=O) groups is 1. The van der Waals surface area contributed by atoms with Crippen LogP contribution >= 0.6 is 34.2 Å². The molecule has 2 aromatic carbocycles. The first-order chi connectivity index (χ1) is 8.18. The molecule has 0 saturated carbocycles. The highest BCUT2D eigenvalue weighted by Gasteiger charge is 2.11. The van der Waals surface area contributed by atoms with Crippen LogP contribution in [0.4, 0.5) is 5.69 Å². The SMILES string of the molecule is O=C(Nc1ccccc1)c1cccc(Cl)c1I. The van der Waals surface area contributed by atoms with Crippen LogP contribution in [0.15, 0.2) is 48.5 Å². The molecule has 0 aliphatic rings. The lowest BCUT2D eigenvalue weighted by Gasteiger charge is -2.07. The number of halogens is 2. The summed E-state index contributed by atoms with van der Waals surface area (Å²) in [7, 11) is 0. The molecule has 17 heavy (non-hydrogen) atoms. The van der Waals surface area contributed by atoms with Crippen molar-refractivity contribution in [3.63, 3.8) is 0 Å². The quantitative estimate of drug-likeness (QED) is 0.802. The number of anilines is 1. The summed E-state index contributed by atoms with van der Waals surface area (Å²) in [6, 6.07) is 14.6. The fourth-order valence-electron chi connectivity index (χ4n) is 1.40. The number of benzene rings is 2. The first-order valence-corrected chi connectivity index (χ1v) is 6.44. The lowest BCUT2D eigenvalue weighted by Crippen LogP contribution is -2.13. The maximum atomic E-state index is 12.0. The number of hydrogen-bond donors (Lipinski definition) is 1. The molecule has 1 N–H and O–H groups in total. The number of amides is 1. The fourth-order valence-corrected chi connectivity index (χ4v) is 2.18. The minimum Gasteiger partial charge on any atom is -0.322 e. The van der Waals surface area contributed by atoms with Crippen LogP contribution in [0.1, 0.15) is 10.4 Å². The highest BCUT2D eigenvalue weighted by molar-refractivity contribution is 14.1. The van der Waals surface area contributed by atoms with Gasteiger partial charge in [0.1, 0.15) is 0 Å². The first-order valence-electron chi connectivity index (χ1n) is 4.99. The van der Waals surface area contributed by atoms with E-state index in [4.69, 9.17) is 11.6 Å². The number of carbonyl (C=O) groups excluding carboxylic acids is 1. The molecule has 2 rings (SSSR count). The average molecular weight is 358 g/mol. The van der Waals surface area contributed by atoms with E-state index in [0.717, 1.165) is 9.26 Å². The van der Waals surface area contributed by atoms with E-state index in [0.29, 0.717) is 10.6 Å². The number of nitrogens with one attached hydrogen (secondary N) is 1. The van der Waals surface area contributed by atoms with Gasteiger partial charge >= 0.3 is 0 Å². The minimum absolute atomic E-state index is 0.150. The van der Waals surface area contributed by atoms with Crippen molar-refractivity contribution in [2.24, 2.45) is 0 Å². The van der Waals surface area contributed by atoms with Crippen LogP contribution in [0.5, 0.6) is 0 Å². The second kappa shape index (κ2) is 5.51. The summed E-state index contributed by atoms with van der Waals surface area (Å²) in [6.07, 6.45) is 0. The molecule has 0 bridgehead atoms. The Morgan fingerprint density at radius 2 is 1.76 bits per heavy atom. The molecule has 2 nitrogen and oxygen atoms in total. The second-order valence-corrected chi connectivity index (χ2v) is 4.91. The lowest BCUT2D eigenvalue weighted by atomic mass is 10.2. The van der Waals surface area contributed by atoms with E-state index in [9.17, 15) is 4.79 Å². The van der Waals surface area contributed by atoms with Crippen LogP contribution < -0.4 is 5.32 Å². The molecule has 1 amide bonds. The van der Waals surface area contributed by atoms with Gasteiger partial charge in [0, 0.05) is 9.26 Å². The molecule has 0 saturated heterocycles. The molecule has 0 spiro atoms. The molecule has 0 unspecified atom stereocenters. The molecular weight excluding hydrogens is 349 g/mol. The summed E-state index contributed by atoms with van der Waals surface area (Å²) >= 11 is 8.04. The summed E-state index contributed by atoms with van der Waals surface area (Å²) in [6.45, 7) is 0. The van der Waals surface area contributed by atoms with Crippen LogP contribution in [-0.4, -0.2) is 5.91 Å². The van der Waals surface area contributed by atoms with E-state index in [-0.39, 0.29) is 5.91 Å². The lowest BCUT2D eigenvalue weighted by molar-refractivity contribution is 0.102. The van der Waals surface area contributed by atoms with Crippen molar-refractivity contribution >= 4 is 45.8 Å². The molecule has 2 aromatic rings. The van der Waals surface area contributed by atoms with Gasteiger partial charge in [-0.1, -0.05) is 35.9 Å². The monoisotopic (exact) mass is 357 g/mol. The topological polar surface area (TPSA) is 29.1 Å². The van der Waals surface area contributed by atoms with Crippen LogP contribution in [0.2, 0.25) is 5.02 Å². The van der Waals surface area contributed by atoms with Crippen LogP contribution in [0.25, 0.3) is 0 Å². The van der Waals surface area contributed by atoms with Crippen molar-refractivity contribution in [3.8, 4) is 0 Å². The first kappa shape index (κ1) is 12.4. The zero-order chi connectivity index (χ0) is 12.3. The summed E-state index contributed by atoms with van der Waals surface area (Å²) < 4.78 is 0.764. The zero-order valence-corrected chi connectivity index (χ0v) is 11.7. The van der Waals surface area contributed by atoms with Crippen LogP contribution in [0.3, 0.4) is 0 Å². The predicted octanol–water partition coefficient (Wildman–Crippen LogP) is 4.20. The summed E-state index contributed by atoms with van der Waals surface area (Å²) in [5.41, 5.74) is 1.36. The van der Waals surface area contributed by atoms with Crippen molar-refractivity contribution < 1.29 is 4.79 Å².